The molecule has 0 unspecified atom stereocenters. The third-order valence-corrected chi connectivity index (χ3v) is 4.49. The van der Waals surface area contributed by atoms with Crippen molar-refractivity contribution in [3.05, 3.63) is 30.5 Å². The molecule has 1 fully saturated rings. The van der Waals surface area contributed by atoms with Crippen molar-refractivity contribution in [1.82, 2.24) is 25.3 Å². The zero-order valence-corrected chi connectivity index (χ0v) is 13.3. The van der Waals surface area contributed by atoms with Crippen molar-refractivity contribution in [3.63, 3.8) is 0 Å². The van der Waals surface area contributed by atoms with E-state index >= 15 is 0 Å². The summed E-state index contributed by atoms with van der Waals surface area (Å²) in [6.07, 6.45) is 8.27. The number of hydrazine groups is 1. The maximum atomic E-state index is 9.18. The molecule has 0 radical (unpaired) electrons. The van der Waals surface area contributed by atoms with E-state index in [0.29, 0.717) is 17.7 Å². The van der Waals surface area contributed by atoms with Crippen LogP contribution in [-0.2, 0) is 0 Å². The molecular weight excluding hydrogens is 304 g/mol. The average molecular weight is 324 g/mol. The summed E-state index contributed by atoms with van der Waals surface area (Å²) in [4.78, 5) is 11.5. The van der Waals surface area contributed by atoms with Gasteiger partial charge in [0.05, 0.1) is 23.7 Å². The van der Waals surface area contributed by atoms with Crippen LogP contribution in [0.2, 0.25) is 0 Å². The largest absolute Gasteiger partial charge is 0.384 e. The molecule has 3 rings (SSSR count). The molecular formula is C16H20N8. The van der Waals surface area contributed by atoms with Gasteiger partial charge in [0.15, 0.2) is 0 Å². The van der Waals surface area contributed by atoms with Crippen molar-refractivity contribution >= 4 is 22.8 Å². The number of nitrogens with two attached hydrogens (primary N) is 1. The molecule has 2 aromatic heterocycles. The standard InChI is InChI=1S/C16H20N8/c17-5-2-16(3-7-24(19)8-4-16)23-10-12(9-18)14-13-1-6-20-15(13)22-11-21-14/h1,6,9-11,18,23H,2-4,7-8,19H2,(H,20,21,22)/b12-10+,18-9?. The molecule has 5 N–H and O–H groups in total. The molecule has 0 bridgehead atoms. The Balaban J connectivity index is 1.89. The second-order valence-electron chi connectivity index (χ2n) is 6.00. The van der Waals surface area contributed by atoms with Gasteiger partial charge in [0, 0.05) is 42.7 Å². The first-order valence-electron chi connectivity index (χ1n) is 7.81. The fraction of sp³-hybridized carbons (Fsp3) is 0.375. The monoisotopic (exact) mass is 324 g/mol. The third kappa shape index (κ3) is 3.13. The van der Waals surface area contributed by atoms with Gasteiger partial charge in [0.25, 0.3) is 0 Å². The van der Waals surface area contributed by atoms with Gasteiger partial charge in [0.2, 0.25) is 0 Å². The van der Waals surface area contributed by atoms with Crippen LogP contribution in [0.5, 0.6) is 0 Å². The van der Waals surface area contributed by atoms with Gasteiger partial charge in [-0.1, -0.05) is 0 Å². The Labute approximate surface area is 139 Å². The predicted molar refractivity (Wildman–Crippen MR) is 91.7 cm³/mol. The number of H-pyrrole nitrogens is 1. The van der Waals surface area contributed by atoms with E-state index in [1.807, 2.05) is 6.07 Å². The Bertz CT molecular complexity index is 792. The molecule has 0 amide bonds. The van der Waals surface area contributed by atoms with Gasteiger partial charge >= 0.3 is 0 Å². The van der Waals surface area contributed by atoms with Gasteiger partial charge in [-0.25, -0.2) is 15.0 Å². The molecule has 0 atom stereocenters. The summed E-state index contributed by atoms with van der Waals surface area (Å²) < 4.78 is 0. The van der Waals surface area contributed by atoms with Gasteiger partial charge in [-0.05, 0) is 18.9 Å². The van der Waals surface area contributed by atoms with Crippen LogP contribution in [0.1, 0.15) is 25.0 Å². The van der Waals surface area contributed by atoms with Crippen molar-refractivity contribution in [2.45, 2.75) is 24.8 Å². The summed E-state index contributed by atoms with van der Waals surface area (Å²) in [5.74, 6) is 5.83. The van der Waals surface area contributed by atoms with Crippen molar-refractivity contribution in [1.29, 1.82) is 10.7 Å². The molecule has 1 saturated heterocycles. The maximum Gasteiger partial charge on any atom is 0.141 e. The molecule has 1 aliphatic rings. The SMILES string of the molecule is N#CCC1(N/C=C(\C=N)c2ncnc3[nH]ccc23)CCN(N)CC1. The molecule has 0 aromatic carbocycles. The van der Waals surface area contributed by atoms with Crippen molar-refractivity contribution in [3.8, 4) is 6.07 Å². The molecule has 3 heterocycles. The molecule has 2 aromatic rings. The fourth-order valence-corrected chi connectivity index (χ4v) is 2.99. The highest BCUT2D eigenvalue weighted by molar-refractivity contribution is 6.11. The number of aromatic nitrogens is 3. The van der Waals surface area contributed by atoms with Crippen LogP contribution in [0, 0.1) is 16.7 Å². The van der Waals surface area contributed by atoms with Crippen molar-refractivity contribution < 1.29 is 0 Å². The molecule has 8 nitrogen and oxygen atoms in total. The minimum absolute atomic E-state index is 0.316. The van der Waals surface area contributed by atoms with Gasteiger partial charge < -0.3 is 15.7 Å². The van der Waals surface area contributed by atoms with E-state index in [4.69, 9.17) is 11.3 Å². The quantitative estimate of drug-likeness (QED) is 0.482. The number of fused-ring (bicyclic) bond motifs is 1. The number of nitriles is 1. The van der Waals surface area contributed by atoms with E-state index < -0.39 is 0 Å². The first-order valence-corrected chi connectivity index (χ1v) is 7.81. The zero-order valence-electron chi connectivity index (χ0n) is 13.3. The minimum Gasteiger partial charge on any atom is -0.384 e. The number of piperidine rings is 1. The molecule has 0 saturated carbocycles. The van der Waals surface area contributed by atoms with Crippen LogP contribution in [0.4, 0.5) is 0 Å². The lowest BCUT2D eigenvalue weighted by Crippen LogP contribution is -2.53. The number of aromatic amines is 1. The Morgan fingerprint density at radius 1 is 1.50 bits per heavy atom. The lowest BCUT2D eigenvalue weighted by Gasteiger charge is -2.39. The number of nitrogens with one attached hydrogen (secondary N) is 3. The molecule has 1 aliphatic heterocycles. The third-order valence-electron chi connectivity index (χ3n) is 4.49. The first kappa shape index (κ1) is 16.1. The first-order chi connectivity index (χ1) is 11.7. The average Bonchev–Trinajstić information content (AvgIpc) is 3.08. The highest BCUT2D eigenvalue weighted by Gasteiger charge is 2.33. The van der Waals surface area contributed by atoms with E-state index in [-0.39, 0.29) is 5.54 Å². The molecule has 124 valence electrons. The van der Waals surface area contributed by atoms with Gasteiger partial charge in [-0.3, -0.25) is 5.84 Å². The van der Waals surface area contributed by atoms with Crippen LogP contribution in [0.25, 0.3) is 16.6 Å². The minimum atomic E-state index is -0.316. The lowest BCUT2D eigenvalue weighted by atomic mass is 9.85. The van der Waals surface area contributed by atoms with Gasteiger partial charge in [-0.2, -0.15) is 5.26 Å². The van der Waals surface area contributed by atoms with Crippen LogP contribution in [0.15, 0.2) is 24.8 Å². The van der Waals surface area contributed by atoms with Crippen LogP contribution in [0.3, 0.4) is 0 Å². The van der Waals surface area contributed by atoms with Crippen LogP contribution < -0.4 is 11.2 Å². The number of hydrogen-bond donors (Lipinski definition) is 4. The maximum absolute atomic E-state index is 9.18. The van der Waals surface area contributed by atoms with E-state index in [1.54, 1.807) is 17.4 Å². The van der Waals surface area contributed by atoms with Crippen molar-refractivity contribution in [2.75, 3.05) is 13.1 Å². The normalized spacial score (nSPS) is 18.2. The Kier molecular flexibility index (Phi) is 4.55. The summed E-state index contributed by atoms with van der Waals surface area (Å²) in [6, 6.07) is 4.15. The highest BCUT2D eigenvalue weighted by Crippen LogP contribution is 2.26. The summed E-state index contributed by atoms with van der Waals surface area (Å²) in [5.41, 5.74) is 1.75. The summed E-state index contributed by atoms with van der Waals surface area (Å²) >= 11 is 0. The smallest absolute Gasteiger partial charge is 0.141 e. The van der Waals surface area contributed by atoms with Crippen LogP contribution >= 0.6 is 0 Å². The molecule has 8 heteroatoms. The Morgan fingerprint density at radius 2 is 2.29 bits per heavy atom. The second kappa shape index (κ2) is 6.78. The van der Waals surface area contributed by atoms with E-state index in [9.17, 15) is 5.26 Å². The summed E-state index contributed by atoms with van der Waals surface area (Å²) in [5, 5.41) is 22.9. The number of hydrogen-bond acceptors (Lipinski definition) is 7. The van der Waals surface area contributed by atoms with E-state index in [1.165, 1.54) is 12.5 Å². The summed E-state index contributed by atoms with van der Waals surface area (Å²) in [7, 11) is 0. The Morgan fingerprint density at radius 3 is 3.00 bits per heavy atom. The molecule has 0 spiro atoms. The second-order valence-corrected chi connectivity index (χ2v) is 6.00. The predicted octanol–water partition coefficient (Wildman–Crippen LogP) is 1.16. The van der Waals surface area contributed by atoms with Gasteiger partial charge in [-0.15, -0.1) is 0 Å². The number of nitrogens with zero attached hydrogens (tertiary/aromatic N) is 4. The van der Waals surface area contributed by atoms with Crippen LogP contribution in [-0.4, -0.2) is 44.8 Å². The van der Waals surface area contributed by atoms with Gasteiger partial charge in [0.1, 0.15) is 12.0 Å². The highest BCUT2D eigenvalue weighted by atomic mass is 15.4. The number of rotatable bonds is 5. The zero-order chi connectivity index (χ0) is 17.0. The topological polar surface area (TPSA) is 130 Å². The van der Waals surface area contributed by atoms with E-state index in [0.717, 1.165) is 37.0 Å². The molecule has 24 heavy (non-hydrogen) atoms. The summed E-state index contributed by atoms with van der Waals surface area (Å²) in [6.45, 7) is 1.47. The number of allylic oxidation sites excluding steroid dienone is 1. The Hall–Kier alpha value is -2.76. The lowest BCUT2D eigenvalue weighted by molar-refractivity contribution is 0.149. The molecule has 0 aliphatic carbocycles. The van der Waals surface area contributed by atoms with E-state index in [2.05, 4.69) is 26.3 Å². The fourth-order valence-electron chi connectivity index (χ4n) is 2.99. The van der Waals surface area contributed by atoms with Crippen molar-refractivity contribution in [2.24, 2.45) is 5.84 Å².